The van der Waals surface area contributed by atoms with Gasteiger partial charge in [0.2, 0.25) is 0 Å². The Morgan fingerprint density at radius 1 is 1.35 bits per heavy atom. The summed E-state index contributed by atoms with van der Waals surface area (Å²) in [6.07, 6.45) is 1.29. The topological polar surface area (TPSA) is 90.3 Å². The molecule has 2 rings (SSSR count). The van der Waals surface area contributed by atoms with Crippen molar-refractivity contribution in [2.75, 3.05) is 11.8 Å². The third-order valence-corrected chi connectivity index (χ3v) is 4.57. The molecule has 0 saturated carbocycles. The number of methoxy groups -OCH3 is 1. The Morgan fingerprint density at radius 3 is 2.52 bits per heavy atom. The average molecular weight is 341 g/mol. The van der Waals surface area contributed by atoms with Crippen LogP contribution in [0.3, 0.4) is 0 Å². The van der Waals surface area contributed by atoms with E-state index in [1.165, 1.54) is 16.8 Å². The van der Waals surface area contributed by atoms with E-state index in [4.69, 9.17) is 0 Å². The van der Waals surface area contributed by atoms with Crippen LogP contribution in [0.15, 0.2) is 23.4 Å². The molecule has 1 N–H and O–H groups in total. The van der Waals surface area contributed by atoms with Gasteiger partial charge in [-0.25, -0.2) is 14.2 Å². The lowest BCUT2D eigenvalue weighted by atomic mass is 10.1. The minimum atomic E-state index is -4.15. The Morgan fingerprint density at radius 2 is 2.00 bits per heavy atom. The second-order valence-corrected chi connectivity index (χ2v) is 6.58. The molecule has 0 radical (unpaired) electrons. The molecule has 9 heteroatoms. The zero-order chi connectivity index (χ0) is 17.4. The molecule has 1 heterocycles. The second-order valence-electron chi connectivity index (χ2n) is 4.95. The van der Waals surface area contributed by atoms with E-state index >= 15 is 0 Å². The van der Waals surface area contributed by atoms with Crippen molar-refractivity contribution in [3.63, 3.8) is 0 Å². The second kappa shape index (κ2) is 5.99. The van der Waals surface area contributed by atoms with Crippen molar-refractivity contribution in [3.8, 4) is 0 Å². The molecule has 0 spiro atoms. The van der Waals surface area contributed by atoms with E-state index in [9.17, 15) is 17.6 Å². The number of carbonyl (C=O) groups is 1. The van der Waals surface area contributed by atoms with Crippen LogP contribution in [0.1, 0.15) is 21.7 Å². The zero-order valence-electron chi connectivity index (χ0n) is 13.0. The molecule has 0 atom stereocenters. The van der Waals surface area contributed by atoms with Crippen LogP contribution in [-0.2, 0) is 21.8 Å². The number of hydrogen-bond donors (Lipinski definition) is 1. The number of aromatic nitrogens is 2. The van der Waals surface area contributed by atoms with Gasteiger partial charge in [0.25, 0.3) is 10.0 Å². The molecule has 7 nitrogen and oxygen atoms in total. The van der Waals surface area contributed by atoms with Crippen LogP contribution in [0, 0.1) is 19.7 Å². The van der Waals surface area contributed by atoms with E-state index in [1.54, 1.807) is 20.9 Å². The lowest BCUT2D eigenvalue weighted by Gasteiger charge is -2.13. The quantitative estimate of drug-likeness (QED) is 0.856. The Balaban J connectivity index is 2.55. The van der Waals surface area contributed by atoms with Crippen LogP contribution in [0.2, 0.25) is 0 Å². The normalized spacial score (nSPS) is 11.3. The van der Waals surface area contributed by atoms with E-state index in [0.717, 1.165) is 13.2 Å². The number of aryl methyl sites for hydroxylation is 3. The van der Waals surface area contributed by atoms with E-state index in [-0.39, 0.29) is 10.6 Å². The number of halogens is 1. The van der Waals surface area contributed by atoms with Gasteiger partial charge < -0.3 is 9.30 Å². The summed E-state index contributed by atoms with van der Waals surface area (Å²) in [5.74, 6) is -1.24. The highest BCUT2D eigenvalue weighted by molar-refractivity contribution is 7.92. The van der Waals surface area contributed by atoms with E-state index in [2.05, 4.69) is 14.4 Å². The van der Waals surface area contributed by atoms with Crippen LogP contribution in [-0.4, -0.2) is 31.0 Å². The maximum absolute atomic E-state index is 14.1. The fourth-order valence-electron chi connectivity index (χ4n) is 1.99. The number of nitrogens with one attached hydrogen (secondary N) is 1. The van der Waals surface area contributed by atoms with Crippen molar-refractivity contribution in [3.05, 3.63) is 41.1 Å². The number of hydrogen-bond acceptors (Lipinski definition) is 5. The molecule has 1 aromatic carbocycles. The summed E-state index contributed by atoms with van der Waals surface area (Å²) < 4.78 is 47.1. The third-order valence-electron chi connectivity index (χ3n) is 3.35. The van der Waals surface area contributed by atoms with Gasteiger partial charge in [0.1, 0.15) is 11.6 Å². The van der Waals surface area contributed by atoms with Crippen LogP contribution in [0.5, 0.6) is 0 Å². The highest BCUT2D eigenvalue weighted by Crippen LogP contribution is 2.27. The number of ether oxygens (including phenoxy) is 1. The van der Waals surface area contributed by atoms with E-state index in [1.807, 2.05) is 0 Å². The number of esters is 1. The van der Waals surface area contributed by atoms with E-state index in [0.29, 0.717) is 11.4 Å². The first-order chi connectivity index (χ1) is 10.7. The number of rotatable bonds is 4. The molecule has 124 valence electrons. The smallest absolute Gasteiger partial charge is 0.340 e. The van der Waals surface area contributed by atoms with Gasteiger partial charge in [0.05, 0.1) is 18.4 Å². The van der Waals surface area contributed by atoms with E-state index < -0.39 is 27.5 Å². The Kier molecular flexibility index (Phi) is 4.42. The van der Waals surface area contributed by atoms with Crippen molar-refractivity contribution in [1.29, 1.82) is 0 Å². The standard InChI is InChI=1S/C14H16FN3O4S/c1-8-5-6-10(15)13(12(8)14(19)22-4)17-23(20,21)11-7-18(3)9(2)16-11/h5-7,17H,1-4H3. The average Bonchev–Trinajstić information content (AvgIpc) is 2.83. The fourth-order valence-corrected chi connectivity index (χ4v) is 3.11. The molecule has 0 amide bonds. The predicted octanol–water partition coefficient (Wildman–Crippen LogP) is 1.76. The first kappa shape index (κ1) is 16.9. The summed E-state index contributed by atoms with van der Waals surface area (Å²) >= 11 is 0. The Hall–Kier alpha value is -2.42. The van der Waals surface area contributed by atoms with Crippen molar-refractivity contribution in [1.82, 2.24) is 9.55 Å². The number of anilines is 1. The van der Waals surface area contributed by atoms with Crippen LogP contribution >= 0.6 is 0 Å². The predicted molar refractivity (Wildman–Crippen MR) is 81.2 cm³/mol. The minimum absolute atomic E-state index is 0.177. The number of imidazole rings is 1. The molecular weight excluding hydrogens is 325 g/mol. The van der Waals surface area contributed by atoms with Crippen LogP contribution in [0.4, 0.5) is 10.1 Å². The maximum Gasteiger partial charge on any atom is 0.340 e. The molecule has 2 aromatic rings. The summed E-state index contributed by atoms with van der Waals surface area (Å²) in [5.41, 5.74) is -0.253. The largest absolute Gasteiger partial charge is 0.465 e. The number of benzene rings is 1. The Bertz CT molecular complexity index is 855. The van der Waals surface area contributed by atoms with Crippen LogP contribution in [0.25, 0.3) is 0 Å². The van der Waals surface area contributed by atoms with Gasteiger partial charge in [-0.1, -0.05) is 6.07 Å². The van der Waals surface area contributed by atoms with Gasteiger partial charge in [-0.15, -0.1) is 0 Å². The van der Waals surface area contributed by atoms with Crippen LogP contribution < -0.4 is 4.72 Å². The fraction of sp³-hybridized carbons (Fsp3) is 0.286. The van der Waals surface area contributed by atoms with Gasteiger partial charge >= 0.3 is 5.97 Å². The molecular formula is C14H16FN3O4S. The van der Waals surface area contributed by atoms with Crippen molar-refractivity contribution in [2.24, 2.45) is 7.05 Å². The lowest BCUT2D eigenvalue weighted by Crippen LogP contribution is -2.18. The first-order valence-electron chi connectivity index (χ1n) is 6.57. The van der Waals surface area contributed by atoms with Gasteiger partial charge in [-0.2, -0.15) is 8.42 Å². The van der Waals surface area contributed by atoms with Gasteiger partial charge in [0.15, 0.2) is 5.03 Å². The highest BCUT2D eigenvalue weighted by Gasteiger charge is 2.25. The van der Waals surface area contributed by atoms with Crippen molar-refractivity contribution < 1.29 is 22.3 Å². The molecule has 0 saturated heterocycles. The lowest BCUT2D eigenvalue weighted by molar-refractivity contribution is 0.0600. The summed E-state index contributed by atoms with van der Waals surface area (Å²) in [5, 5.41) is -0.269. The summed E-state index contributed by atoms with van der Waals surface area (Å²) in [6, 6.07) is 2.44. The molecule has 0 aliphatic carbocycles. The Labute approximate surface area is 133 Å². The zero-order valence-corrected chi connectivity index (χ0v) is 13.9. The summed E-state index contributed by atoms with van der Waals surface area (Å²) in [6.45, 7) is 3.18. The monoisotopic (exact) mass is 341 g/mol. The van der Waals surface area contributed by atoms with Crippen molar-refractivity contribution in [2.45, 2.75) is 18.9 Å². The molecule has 0 fully saturated rings. The molecule has 23 heavy (non-hydrogen) atoms. The summed E-state index contributed by atoms with van der Waals surface area (Å²) in [7, 11) is -1.38. The van der Waals surface area contributed by atoms with Crippen molar-refractivity contribution >= 4 is 21.7 Å². The first-order valence-corrected chi connectivity index (χ1v) is 8.06. The third kappa shape index (κ3) is 3.19. The number of nitrogens with zero attached hydrogens (tertiary/aromatic N) is 2. The summed E-state index contributed by atoms with van der Waals surface area (Å²) in [4.78, 5) is 15.7. The minimum Gasteiger partial charge on any atom is -0.465 e. The van der Waals surface area contributed by atoms with Gasteiger partial charge in [0, 0.05) is 13.2 Å². The molecule has 0 aliphatic rings. The molecule has 0 unspecified atom stereocenters. The highest BCUT2D eigenvalue weighted by atomic mass is 32.2. The number of carbonyl (C=O) groups excluding carboxylic acids is 1. The van der Waals surface area contributed by atoms with Gasteiger partial charge in [-0.05, 0) is 25.5 Å². The molecule has 1 aromatic heterocycles. The maximum atomic E-state index is 14.1. The number of sulfonamides is 1. The molecule has 0 bridgehead atoms. The molecule has 0 aliphatic heterocycles. The van der Waals surface area contributed by atoms with Gasteiger partial charge in [-0.3, -0.25) is 4.72 Å². The SMILES string of the molecule is COC(=O)c1c(C)ccc(F)c1NS(=O)(=O)c1cn(C)c(C)n1.